The zero-order valence-electron chi connectivity index (χ0n) is 21.6. The third-order valence-electron chi connectivity index (χ3n) is 5.80. The molecule has 2 atom stereocenters. The van der Waals surface area contributed by atoms with Crippen LogP contribution in [0.15, 0.2) is 41.4 Å². The van der Waals surface area contributed by atoms with E-state index in [1.165, 1.54) is 23.2 Å². The maximum absolute atomic E-state index is 13.2. The normalized spacial score (nSPS) is 18.2. The number of likely N-dealkylation sites (tertiary alicyclic amines) is 1. The van der Waals surface area contributed by atoms with E-state index < -0.39 is 39.6 Å². The number of benzene rings is 1. The Morgan fingerprint density at radius 1 is 1.14 bits per heavy atom. The van der Waals surface area contributed by atoms with Crippen molar-refractivity contribution in [2.45, 2.75) is 64.0 Å². The van der Waals surface area contributed by atoms with E-state index in [0.717, 1.165) is 6.42 Å². The first kappa shape index (κ1) is 28.1. The molecule has 0 radical (unpaired) electrons. The van der Waals surface area contributed by atoms with Crippen molar-refractivity contribution in [1.82, 2.24) is 9.88 Å². The number of carbonyl (C=O) groups is 3. The minimum Gasteiger partial charge on any atom is -0.444 e. The van der Waals surface area contributed by atoms with Gasteiger partial charge >= 0.3 is 17.9 Å². The number of nitrogens with two attached hydrogens (primary N) is 1. The molecule has 4 N–H and O–H groups in total. The highest BCUT2D eigenvalue weighted by Gasteiger charge is 2.34. The maximum atomic E-state index is 13.2. The second-order valence-corrected chi connectivity index (χ2v) is 11.8. The lowest BCUT2D eigenvalue weighted by Gasteiger charge is -2.38. The van der Waals surface area contributed by atoms with Gasteiger partial charge in [-0.3, -0.25) is 14.9 Å². The quantitative estimate of drug-likeness (QED) is 0.510. The van der Waals surface area contributed by atoms with Crippen LogP contribution in [0.2, 0.25) is 0 Å². The molecule has 1 aliphatic rings. The van der Waals surface area contributed by atoms with E-state index in [1.807, 2.05) is 6.92 Å². The van der Waals surface area contributed by atoms with Gasteiger partial charge in [-0.2, -0.15) is 0 Å². The number of ether oxygens (including phenoxy) is 1. The third-order valence-corrected chi connectivity index (χ3v) is 6.71. The molecule has 1 fully saturated rings. The highest BCUT2D eigenvalue weighted by Crippen LogP contribution is 2.34. The molecule has 0 spiro atoms. The van der Waals surface area contributed by atoms with Crippen molar-refractivity contribution in [3.8, 4) is 0 Å². The van der Waals surface area contributed by atoms with Crippen LogP contribution in [0.1, 0.15) is 57.7 Å². The van der Waals surface area contributed by atoms with Crippen LogP contribution >= 0.6 is 0 Å². The number of carbonyl (C=O) groups excluding carboxylic acids is 3. The summed E-state index contributed by atoms with van der Waals surface area (Å²) in [4.78, 5) is 43.7. The monoisotopic (exact) mass is 531 g/mol. The zero-order valence-corrected chi connectivity index (χ0v) is 22.4. The summed E-state index contributed by atoms with van der Waals surface area (Å²) in [5.41, 5.74) is 0.758. The number of nitrogens with zero attached hydrogens (tertiary/aromatic N) is 2. The largest absolute Gasteiger partial charge is 0.444 e. The highest BCUT2D eigenvalue weighted by molar-refractivity contribution is 7.89. The van der Waals surface area contributed by atoms with Crippen LogP contribution in [0.25, 0.3) is 0 Å². The number of aromatic nitrogens is 1. The molecule has 0 bridgehead atoms. The van der Waals surface area contributed by atoms with Crippen LogP contribution < -0.4 is 15.8 Å². The number of rotatable bonds is 4. The molecule has 12 heteroatoms. The van der Waals surface area contributed by atoms with E-state index in [-0.39, 0.29) is 22.3 Å². The maximum Gasteiger partial charge on any atom is 0.413 e. The summed E-state index contributed by atoms with van der Waals surface area (Å²) in [6.07, 6.45) is 2.05. The molecular formula is C25H33N5O6S. The Labute approximate surface area is 216 Å². The van der Waals surface area contributed by atoms with Gasteiger partial charge in [0.1, 0.15) is 11.4 Å². The van der Waals surface area contributed by atoms with E-state index in [9.17, 15) is 22.8 Å². The van der Waals surface area contributed by atoms with Gasteiger partial charge in [0.2, 0.25) is 10.0 Å². The van der Waals surface area contributed by atoms with Crippen LogP contribution in [-0.2, 0) is 24.3 Å². The Morgan fingerprint density at radius 3 is 2.46 bits per heavy atom. The van der Waals surface area contributed by atoms with E-state index in [4.69, 9.17) is 9.88 Å². The minimum atomic E-state index is -3.92. The molecular weight excluding hydrogens is 498 g/mol. The number of aryl methyl sites for hydroxylation is 1. The first-order chi connectivity index (χ1) is 17.1. The predicted octanol–water partition coefficient (Wildman–Crippen LogP) is 3.32. The standard InChI is InChI=1S/C25H33N5O6S/c1-15-9-10-20(17-7-6-8-19(12-17)37(26,34)35)30(14-15)23(32)22(31)28-18-11-16(2)21(27-13-18)29-24(33)36-25(3,4)5/h6-8,11-13,15,20H,9-10,14H2,1-5H3,(H,28,31)(H2,26,34,35)(H,27,29,33)/t15-,20+/m0/s1. The van der Waals surface area contributed by atoms with Crippen molar-refractivity contribution in [3.63, 3.8) is 0 Å². The van der Waals surface area contributed by atoms with Gasteiger partial charge in [0.25, 0.3) is 0 Å². The van der Waals surface area contributed by atoms with Gasteiger partial charge in [0.15, 0.2) is 0 Å². The fraction of sp³-hybridized carbons (Fsp3) is 0.440. The molecule has 3 amide bonds. The number of primary sulfonamides is 1. The summed E-state index contributed by atoms with van der Waals surface area (Å²) < 4.78 is 28.9. The fourth-order valence-electron chi connectivity index (χ4n) is 4.11. The lowest BCUT2D eigenvalue weighted by atomic mass is 9.90. The number of nitrogens with one attached hydrogen (secondary N) is 2. The first-order valence-corrected chi connectivity index (χ1v) is 13.4. The molecule has 0 unspecified atom stereocenters. The molecule has 0 aliphatic carbocycles. The Balaban J connectivity index is 1.75. The summed E-state index contributed by atoms with van der Waals surface area (Å²) in [5.74, 6) is -1.17. The summed E-state index contributed by atoms with van der Waals surface area (Å²) in [6, 6.07) is 7.22. The lowest BCUT2D eigenvalue weighted by molar-refractivity contribution is -0.146. The van der Waals surface area contributed by atoms with Crippen molar-refractivity contribution < 1.29 is 27.5 Å². The number of sulfonamides is 1. The van der Waals surface area contributed by atoms with Gasteiger partial charge in [0, 0.05) is 6.54 Å². The fourth-order valence-corrected chi connectivity index (χ4v) is 4.68. The highest BCUT2D eigenvalue weighted by atomic mass is 32.2. The average molecular weight is 532 g/mol. The lowest BCUT2D eigenvalue weighted by Crippen LogP contribution is -2.46. The Bertz CT molecular complexity index is 1300. The number of pyridine rings is 1. The minimum absolute atomic E-state index is 0.0536. The van der Waals surface area contributed by atoms with Crippen LogP contribution in [0.5, 0.6) is 0 Å². The number of amides is 3. The van der Waals surface area contributed by atoms with Gasteiger partial charge in [-0.15, -0.1) is 0 Å². The topological polar surface area (TPSA) is 161 Å². The summed E-state index contributed by atoms with van der Waals surface area (Å²) in [7, 11) is -3.92. The molecule has 2 aromatic rings. The van der Waals surface area contributed by atoms with E-state index in [1.54, 1.807) is 45.9 Å². The third kappa shape index (κ3) is 7.49. The predicted molar refractivity (Wildman–Crippen MR) is 138 cm³/mol. The molecule has 1 saturated heterocycles. The van der Waals surface area contributed by atoms with Crippen molar-refractivity contribution >= 4 is 39.4 Å². The van der Waals surface area contributed by atoms with E-state index >= 15 is 0 Å². The average Bonchev–Trinajstić information content (AvgIpc) is 2.78. The van der Waals surface area contributed by atoms with Crippen molar-refractivity contribution in [1.29, 1.82) is 0 Å². The van der Waals surface area contributed by atoms with Gasteiger partial charge in [-0.1, -0.05) is 19.1 Å². The van der Waals surface area contributed by atoms with Crippen molar-refractivity contribution in [2.75, 3.05) is 17.2 Å². The molecule has 200 valence electrons. The summed E-state index contributed by atoms with van der Waals surface area (Å²) in [6.45, 7) is 9.25. The Hall–Kier alpha value is -3.51. The molecule has 11 nitrogen and oxygen atoms in total. The molecule has 1 aromatic heterocycles. The molecule has 2 heterocycles. The van der Waals surface area contributed by atoms with Crippen LogP contribution in [0, 0.1) is 12.8 Å². The molecule has 37 heavy (non-hydrogen) atoms. The number of piperidine rings is 1. The Morgan fingerprint density at radius 2 is 1.84 bits per heavy atom. The van der Waals surface area contributed by atoms with Gasteiger partial charge < -0.3 is 15.0 Å². The van der Waals surface area contributed by atoms with Gasteiger partial charge in [-0.05, 0) is 75.8 Å². The SMILES string of the molecule is Cc1cc(NC(=O)C(=O)N2C[C@@H](C)CC[C@@H]2c2cccc(S(N)(=O)=O)c2)cnc1NC(=O)OC(C)(C)C. The molecule has 0 saturated carbocycles. The molecule has 1 aliphatic heterocycles. The van der Waals surface area contributed by atoms with Gasteiger partial charge in [0.05, 0.1) is 22.8 Å². The number of hydrogen-bond acceptors (Lipinski definition) is 7. The number of hydrogen-bond donors (Lipinski definition) is 3. The second-order valence-electron chi connectivity index (χ2n) is 10.2. The Kier molecular flexibility index (Phi) is 8.23. The molecule has 1 aromatic carbocycles. The summed E-state index contributed by atoms with van der Waals surface area (Å²) in [5, 5.41) is 10.4. The zero-order chi connectivity index (χ0) is 27.5. The summed E-state index contributed by atoms with van der Waals surface area (Å²) >= 11 is 0. The van der Waals surface area contributed by atoms with E-state index in [0.29, 0.717) is 24.1 Å². The van der Waals surface area contributed by atoms with Gasteiger partial charge in [-0.25, -0.2) is 23.3 Å². The second kappa shape index (κ2) is 10.9. The van der Waals surface area contributed by atoms with Crippen molar-refractivity contribution in [2.24, 2.45) is 11.1 Å². The first-order valence-electron chi connectivity index (χ1n) is 11.9. The van der Waals surface area contributed by atoms with Crippen LogP contribution in [0.3, 0.4) is 0 Å². The van der Waals surface area contributed by atoms with Crippen LogP contribution in [-0.4, -0.2) is 48.4 Å². The van der Waals surface area contributed by atoms with Crippen molar-refractivity contribution in [3.05, 3.63) is 47.7 Å². The smallest absolute Gasteiger partial charge is 0.413 e. The van der Waals surface area contributed by atoms with Crippen LogP contribution in [0.4, 0.5) is 16.3 Å². The van der Waals surface area contributed by atoms with E-state index in [2.05, 4.69) is 15.6 Å². The number of anilines is 2. The molecule has 3 rings (SSSR count).